The minimum atomic E-state index is 0. The molecule has 2 aliphatic rings. The maximum atomic E-state index is 13.0. The molecular formula is C19H29ClN2O. The van der Waals surface area contributed by atoms with Gasteiger partial charge in [-0.2, -0.15) is 0 Å². The van der Waals surface area contributed by atoms with E-state index in [1.807, 2.05) is 6.07 Å². The van der Waals surface area contributed by atoms with Crippen LogP contribution in [0.5, 0.6) is 0 Å². The standard InChI is InChI=1S/C19H28N2O.ClH/c1-14(2)18(15-6-4-3-5-7-15)12-19(22)21-16-8-9-17(21)13-20-11-10-16;/h3-7,14,16-18,20H,8-13H2,1-2H3;1H. The van der Waals surface area contributed by atoms with Crippen LogP contribution in [0.15, 0.2) is 30.3 Å². The number of benzene rings is 1. The van der Waals surface area contributed by atoms with E-state index in [0.717, 1.165) is 19.5 Å². The maximum Gasteiger partial charge on any atom is 0.223 e. The van der Waals surface area contributed by atoms with Crippen molar-refractivity contribution in [2.45, 2.75) is 57.5 Å². The van der Waals surface area contributed by atoms with Crippen molar-refractivity contribution < 1.29 is 4.79 Å². The predicted molar refractivity (Wildman–Crippen MR) is 97.0 cm³/mol. The molecule has 1 aromatic rings. The van der Waals surface area contributed by atoms with Crippen LogP contribution in [-0.4, -0.2) is 36.0 Å². The predicted octanol–water partition coefficient (Wildman–Crippen LogP) is 3.59. The zero-order valence-corrected chi connectivity index (χ0v) is 15.0. The number of nitrogens with zero attached hydrogens (tertiary/aromatic N) is 1. The van der Waals surface area contributed by atoms with Crippen LogP contribution >= 0.6 is 12.4 Å². The van der Waals surface area contributed by atoms with Gasteiger partial charge >= 0.3 is 0 Å². The van der Waals surface area contributed by atoms with Crippen molar-refractivity contribution in [1.82, 2.24) is 10.2 Å². The van der Waals surface area contributed by atoms with Crippen molar-refractivity contribution >= 4 is 18.3 Å². The van der Waals surface area contributed by atoms with Crippen LogP contribution in [-0.2, 0) is 4.79 Å². The molecule has 3 rings (SSSR count). The summed E-state index contributed by atoms with van der Waals surface area (Å²) in [6.07, 6.45) is 4.12. The van der Waals surface area contributed by atoms with Gasteiger partial charge in [-0.25, -0.2) is 0 Å². The minimum Gasteiger partial charge on any atom is -0.335 e. The van der Waals surface area contributed by atoms with Gasteiger partial charge in [-0.05, 0) is 43.2 Å². The number of carbonyl (C=O) groups excluding carboxylic acids is 1. The summed E-state index contributed by atoms with van der Waals surface area (Å²) in [4.78, 5) is 15.2. The summed E-state index contributed by atoms with van der Waals surface area (Å²) in [6, 6.07) is 11.4. The summed E-state index contributed by atoms with van der Waals surface area (Å²) >= 11 is 0. The lowest BCUT2D eigenvalue weighted by Crippen LogP contribution is -2.43. The fourth-order valence-electron chi connectivity index (χ4n) is 4.12. The molecule has 0 radical (unpaired) electrons. The topological polar surface area (TPSA) is 32.3 Å². The third kappa shape index (κ3) is 4.07. The van der Waals surface area contributed by atoms with Crippen molar-refractivity contribution in [1.29, 1.82) is 0 Å². The highest BCUT2D eigenvalue weighted by molar-refractivity contribution is 5.85. The minimum absolute atomic E-state index is 0. The molecule has 1 amide bonds. The summed E-state index contributed by atoms with van der Waals surface area (Å²) in [6.45, 7) is 6.48. The van der Waals surface area contributed by atoms with E-state index in [1.54, 1.807) is 0 Å². The molecule has 3 nitrogen and oxygen atoms in total. The molecule has 2 fully saturated rings. The van der Waals surface area contributed by atoms with Crippen LogP contribution in [0.25, 0.3) is 0 Å². The molecule has 0 saturated carbocycles. The van der Waals surface area contributed by atoms with Crippen molar-refractivity contribution in [3.63, 3.8) is 0 Å². The fourth-order valence-corrected chi connectivity index (χ4v) is 4.12. The second-order valence-electron chi connectivity index (χ2n) is 7.14. The quantitative estimate of drug-likeness (QED) is 0.911. The third-order valence-electron chi connectivity index (χ3n) is 5.37. The van der Waals surface area contributed by atoms with E-state index >= 15 is 0 Å². The molecule has 3 atom stereocenters. The number of nitrogens with one attached hydrogen (secondary N) is 1. The Hall–Kier alpha value is -1.06. The zero-order chi connectivity index (χ0) is 15.5. The van der Waals surface area contributed by atoms with Gasteiger partial charge in [0.2, 0.25) is 5.91 Å². The Labute approximate surface area is 146 Å². The molecule has 23 heavy (non-hydrogen) atoms. The molecular weight excluding hydrogens is 308 g/mol. The largest absolute Gasteiger partial charge is 0.335 e. The van der Waals surface area contributed by atoms with Crippen LogP contribution in [0, 0.1) is 5.92 Å². The van der Waals surface area contributed by atoms with Gasteiger partial charge in [0.15, 0.2) is 0 Å². The monoisotopic (exact) mass is 336 g/mol. The lowest BCUT2D eigenvalue weighted by atomic mass is 9.85. The average Bonchev–Trinajstić information content (AvgIpc) is 2.78. The van der Waals surface area contributed by atoms with Crippen molar-refractivity contribution in [3.05, 3.63) is 35.9 Å². The lowest BCUT2D eigenvalue weighted by molar-refractivity contribution is -0.134. The van der Waals surface area contributed by atoms with Crippen molar-refractivity contribution in [3.8, 4) is 0 Å². The van der Waals surface area contributed by atoms with E-state index in [4.69, 9.17) is 0 Å². The molecule has 1 aromatic carbocycles. The van der Waals surface area contributed by atoms with Gasteiger partial charge in [-0.15, -0.1) is 12.4 Å². The molecule has 1 N–H and O–H groups in total. The summed E-state index contributed by atoms with van der Waals surface area (Å²) in [7, 11) is 0. The van der Waals surface area contributed by atoms with E-state index < -0.39 is 0 Å². The van der Waals surface area contributed by atoms with E-state index in [1.165, 1.54) is 18.4 Å². The lowest BCUT2D eigenvalue weighted by Gasteiger charge is -2.31. The van der Waals surface area contributed by atoms with Gasteiger partial charge in [0, 0.05) is 25.0 Å². The van der Waals surface area contributed by atoms with Crippen LogP contribution < -0.4 is 5.32 Å². The second-order valence-corrected chi connectivity index (χ2v) is 7.14. The fraction of sp³-hybridized carbons (Fsp3) is 0.632. The van der Waals surface area contributed by atoms with Gasteiger partial charge in [0.05, 0.1) is 0 Å². The molecule has 2 saturated heterocycles. The maximum absolute atomic E-state index is 13.0. The zero-order valence-electron chi connectivity index (χ0n) is 14.2. The second kappa shape index (κ2) is 8.16. The molecule has 2 aliphatic heterocycles. The first kappa shape index (κ1) is 18.3. The summed E-state index contributed by atoms with van der Waals surface area (Å²) in [5.41, 5.74) is 1.30. The molecule has 2 bridgehead atoms. The Morgan fingerprint density at radius 2 is 1.87 bits per heavy atom. The molecule has 0 spiro atoms. The highest BCUT2D eigenvalue weighted by atomic mass is 35.5. The number of rotatable bonds is 4. The Kier molecular flexibility index (Phi) is 6.49. The summed E-state index contributed by atoms with van der Waals surface area (Å²) < 4.78 is 0. The van der Waals surface area contributed by atoms with Crippen LogP contribution in [0.2, 0.25) is 0 Å². The highest BCUT2D eigenvalue weighted by Gasteiger charge is 2.38. The summed E-state index contributed by atoms with van der Waals surface area (Å²) in [5, 5.41) is 3.48. The van der Waals surface area contributed by atoms with E-state index in [-0.39, 0.29) is 12.4 Å². The Morgan fingerprint density at radius 3 is 2.57 bits per heavy atom. The molecule has 128 valence electrons. The average molecular weight is 337 g/mol. The van der Waals surface area contributed by atoms with Crippen LogP contribution in [0.3, 0.4) is 0 Å². The highest BCUT2D eigenvalue weighted by Crippen LogP contribution is 2.33. The SMILES string of the molecule is CC(C)C(CC(=O)N1C2CCNCC1CC2)c1ccccc1.Cl. The Bertz CT molecular complexity index is 491. The first-order valence-corrected chi connectivity index (χ1v) is 8.73. The number of amides is 1. The Balaban J connectivity index is 0.00000192. The molecule has 4 heteroatoms. The number of halogens is 1. The normalized spacial score (nSPS) is 24.9. The van der Waals surface area contributed by atoms with Gasteiger partial charge in [-0.3, -0.25) is 4.79 Å². The van der Waals surface area contributed by atoms with Gasteiger partial charge < -0.3 is 10.2 Å². The van der Waals surface area contributed by atoms with Gasteiger partial charge in [0.25, 0.3) is 0 Å². The van der Waals surface area contributed by atoms with Crippen molar-refractivity contribution in [2.75, 3.05) is 13.1 Å². The third-order valence-corrected chi connectivity index (χ3v) is 5.37. The first-order chi connectivity index (χ1) is 10.7. The van der Waals surface area contributed by atoms with E-state index in [0.29, 0.717) is 36.2 Å². The van der Waals surface area contributed by atoms with Gasteiger partial charge in [0.1, 0.15) is 0 Å². The van der Waals surface area contributed by atoms with E-state index in [2.05, 4.69) is 48.3 Å². The molecule has 0 aliphatic carbocycles. The Morgan fingerprint density at radius 1 is 1.17 bits per heavy atom. The summed E-state index contributed by atoms with van der Waals surface area (Å²) in [5.74, 6) is 1.16. The molecule has 3 unspecified atom stereocenters. The van der Waals surface area contributed by atoms with Crippen LogP contribution in [0.1, 0.15) is 51.0 Å². The molecule has 2 heterocycles. The number of hydrogen-bond acceptors (Lipinski definition) is 2. The number of hydrogen-bond donors (Lipinski definition) is 1. The van der Waals surface area contributed by atoms with E-state index in [9.17, 15) is 4.79 Å². The number of fused-ring (bicyclic) bond motifs is 2. The number of carbonyl (C=O) groups is 1. The van der Waals surface area contributed by atoms with Crippen molar-refractivity contribution in [2.24, 2.45) is 5.92 Å². The smallest absolute Gasteiger partial charge is 0.223 e. The molecule has 0 aromatic heterocycles. The van der Waals surface area contributed by atoms with Gasteiger partial charge in [-0.1, -0.05) is 44.2 Å². The first-order valence-electron chi connectivity index (χ1n) is 8.73. The van der Waals surface area contributed by atoms with Crippen LogP contribution in [0.4, 0.5) is 0 Å².